The molecule has 1 aliphatic rings. The predicted molar refractivity (Wildman–Crippen MR) is 116 cm³/mol. The maximum atomic E-state index is 13.0. The minimum absolute atomic E-state index is 0.0579. The quantitative estimate of drug-likeness (QED) is 0.535. The first kappa shape index (κ1) is 19.7. The van der Waals surface area contributed by atoms with Crippen LogP contribution in [-0.4, -0.2) is 16.9 Å². The zero-order valence-electron chi connectivity index (χ0n) is 16.4. The summed E-state index contributed by atoms with van der Waals surface area (Å²) in [5, 5.41) is 3.91. The van der Waals surface area contributed by atoms with E-state index < -0.39 is 0 Å². The maximum Gasteiger partial charge on any atom is 0.252 e. The fourth-order valence-electron chi connectivity index (χ4n) is 3.88. The Balaban J connectivity index is 1.55. The topological polar surface area (TPSA) is 55.1 Å². The van der Waals surface area contributed by atoms with Gasteiger partial charge in [0.25, 0.3) is 5.91 Å². The molecule has 0 bridgehead atoms. The summed E-state index contributed by atoms with van der Waals surface area (Å²) < 4.78 is 5.98. The van der Waals surface area contributed by atoms with E-state index in [0.717, 1.165) is 18.4 Å². The molecular weight excluding hydrogens is 384 g/mol. The second kappa shape index (κ2) is 9.27. The van der Waals surface area contributed by atoms with Crippen LogP contribution < -0.4 is 5.32 Å². The first-order valence-electron chi connectivity index (χ1n) is 10.3. The van der Waals surface area contributed by atoms with Gasteiger partial charge in [0.05, 0.1) is 11.8 Å². The van der Waals surface area contributed by atoms with Crippen molar-refractivity contribution in [3.05, 3.63) is 65.3 Å². The maximum absolute atomic E-state index is 13.0. The molecule has 1 amide bonds. The van der Waals surface area contributed by atoms with E-state index in [1.807, 2.05) is 48.5 Å². The second-order valence-corrected chi connectivity index (χ2v) is 8.03. The first-order valence-corrected chi connectivity index (χ1v) is 10.7. The molecule has 150 valence electrons. The average molecular weight is 409 g/mol. The number of oxazole rings is 1. The number of carbonyl (C=O) groups excluding carboxylic acids is 1. The van der Waals surface area contributed by atoms with E-state index in [2.05, 4.69) is 10.3 Å². The molecule has 0 unspecified atom stereocenters. The van der Waals surface area contributed by atoms with E-state index in [1.165, 1.54) is 32.1 Å². The third-order valence-corrected chi connectivity index (χ3v) is 5.73. The van der Waals surface area contributed by atoms with E-state index >= 15 is 0 Å². The molecule has 0 atom stereocenters. The minimum atomic E-state index is -0.0579. The molecular formula is C24H25ClN2O2. The fraction of sp³-hybridized carbons (Fsp3) is 0.333. The van der Waals surface area contributed by atoms with Crippen molar-refractivity contribution in [3.8, 4) is 22.8 Å². The lowest BCUT2D eigenvalue weighted by Crippen LogP contribution is -2.35. The molecule has 1 N–H and O–H groups in total. The molecule has 0 radical (unpaired) electrons. The van der Waals surface area contributed by atoms with Gasteiger partial charge in [-0.05, 0) is 49.2 Å². The summed E-state index contributed by atoms with van der Waals surface area (Å²) in [6, 6.07) is 15.1. The van der Waals surface area contributed by atoms with Gasteiger partial charge in [0.1, 0.15) is 0 Å². The van der Waals surface area contributed by atoms with E-state index in [0.29, 0.717) is 27.8 Å². The Morgan fingerprint density at radius 2 is 1.66 bits per heavy atom. The van der Waals surface area contributed by atoms with Crippen LogP contribution in [-0.2, 0) is 0 Å². The number of benzene rings is 2. The fourth-order valence-corrected chi connectivity index (χ4v) is 4.00. The van der Waals surface area contributed by atoms with Crippen LogP contribution in [0, 0.1) is 0 Å². The highest BCUT2D eigenvalue weighted by atomic mass is 35.5. The summed E-state index contributed by atoms with van der Waals surface area (Å²) in [4.78, 5) is 17.4. The Labute approximate surface area is 176 Å². The highest BCUT2D eigenvalue weighted by molar-refractivity contribution is 6.30. The van der Waals surface area contributed by atoms with Crippen molar-refractivity contribution in [2.75, 3.05) is 0 Å². The molecule has 2 aromatic carbocycles. The zero-order valence-corrected chi connectivity index (χ0v) is 17.1. The van der Waals surface area contributed by atoms with Crippen molar-refractivity contribution in [2.24, 2.45) is 0 Å². The number of carbonyl (C=O) groups is 1. The molecule has 1 saturated carbocycles. The summed E-state index contributed by atoms with van der Waals surface area (Å²) in [5.74, 6) is 1.03. The van der Waals surface area contributed by atoms with Gasteiger partial charge in [-0.15, -0.1) is 0 Å². The van der Waals surface area contributed by atoms with Crippen LogP contribution in [0.3, 0.4) is 0 Å². The summed E-state index contributed by atoms with van der Waals surface area (Å²) in [5.41, 5.74) is 2.19. The number of aromatic nitrogens is 1. The third-order valence-electron chi connectivity index (χ3n) is 5.48. The van der Waals surface area contributed by atoms with Crippen LogP contribution in [0.25, 0.3) is 22.8 Å². The Hall–Kier alpha value is -2.59. The van der Waals surface area contributed by atoms with Crippen LogP contribution in [0.1, 0.15) is 55.3 Å². The van der Waals surface area contributed by atoms with Gasteiger partial charge in [0, 0.05) is 22.2 Å². The lowest BCUT2D eigenvalue weighted by Gasteiger charge is -2.21. The van der Waals surface area contributed by atoms with Gasteiger partial charge < -0.3 is 9.73 Å². The number of hydrogen-bond acceptors (Lipinski definition) is 3. The van der Waals surface area contributed by atoms with Crippen molar-refractivity contribution in [3.63, 3.8) is 0 Å². The summed E-state index contributed by atoms with van der Waals surface area (Å²) in [6.45, 7) is 0. The molecule has 0 saturated heterocycles. The molecule has 1 aliphatic carbocycles. The van der Waals surface area contributed by atoms with Crippen molar-refractivity contribution in [1.82, 2.24) is 10.3 Å². The SMILES string of the molecule is O=C(NC1CCCCCCC1)c1ccccc1-c1ncc(-c2ccc(Cl)cc2)o1. The lowest BCUT2D eigenvalue weighted by atomic mass is 9.96. The molecule has 1 aromatic heterocycles. The smallest absolute Gasteiger partial charge is 0.252 e. The predicted octanol–water partition coefficient (Wildman–Crippen LogP) is 6.50. The van der Waals surface area contributed by atoms with Crippen LogP contribution in [0.2, 0.25) is 5.02 Å². The summed E-state index contributed by atoms with van der Waals surface area (Å²) >= 11 is 5.96. The number of rotatable bonds is 4. The van der Waals surface area contributed by atoms with E-state index in [9.17, 15) is 4.79 Å². The van der Waals surface area contributed by atoms with Gasteiger partial charge in [0.2, 0.25) is 5.89 Å². The average Bonchev–Trinajstić information content (AvgIpc) is 3.20. The van der Waals surface area contributed by atoms with Gasteiger partial charge in [-0.3, -0.25) is 4.79 Å². The van der Waals surface area contributed by atoms with Crippen LogP contribution in [0.5, 0.6) is 0 Å². The number of nitrogens with zero attached hydrogens (tertiary/aromatic N) is 1. The van der Waals surface area contributed by atoms with Crippen LogP contribution >= 0.6 is 11.6 Å². The van der Waals surface area contributed by atoms with Gasteiger partial charge in [-0.1, -0.05) is 55.8 Å². The highest BCUT2D eigenvalue weighted by Crippen LogP contribution is 2.29. The second-order valence-electron chi connectivity index (χ2n) is 7.60. The standard InChI is InChI=1S/C24H25ClN2O2/c25-18-14-12-17(13-15-18)22-16-26-24(29-22)21-11-7-6-10-20(21)23(28)27-19-8-4-2-1-3-5-9-19/h6-7,10-16,19H,1-5,8-9H2,(H,27,28). The molecule has 1 fully saturated rings. The summed E-state index contributed by atoms with van der Waals surface area (Å²) in [7, 11) is 0. The van der Waals surface area contributed by atoms with Gasteiger partial charge in [0.15, 0.2) is 5.76 Å². The molecule has 4 rings (SSSR count). The Morgan fingerprint density at radius 1 is 0.966 bits per heavy atom. The van der Waals surface area contributed by atoms with Crippen LogP contribution in [0.15, 0.2) is 59.1 Å². The molecule has 4 nitrogen and oxygen atoms in total. The monoisotopic (exact) mass is 408 g/mol. The van der Waals surface area contributed by atoms with E-state index in [1.54, 1.807) is 6.20 Å². The summed E-state index contributed by atoms with van der Waals surface area (Å²) in [6.07, 6.45) is 9.96. The third kappa shape index (κ3) is 4.88. The Morgan fingerprint density at radius 3 is 2.41 bits per heavy atom. The van der Waals surface area contributed by atoms with Crippen molar-refractivity contribution >= 4 is 17.5 Å². The first-order chi connectivity index (χ1) is 14.2. The molecule has 5 heteroatoms. The number of amides is 1. The van der Waals surface area contributed by atoms with Gasteiger partial charge >= 0.3 is 0 Å². The number of hydrogen-bond donors (Lipinski definition) is 1. The van der Waals surface area contributed by atoms with Crippen molar-refractivity contribution in [2.45, 2.75) is 51.0 Å². The molecule has 29 heavy (non-hydrogen) atoms. The van der Waals surface area contributed by atoms with E-state index in [-0.39, 0.29) is 11.9 Å². The molecule has 0 spiro atoms. The normalized spacial score (nSPS) is 15.5. The molecule has 0 aliphatic heterocycles. The Kier molecular flexibility index (Phi) is 6.30. The number of nitrogens with one attached hydrogen (secondary N) is 1. The van der Waals surface area contributed by atoms with Crippen LogP contribution in [0.4, 0.5) is 0 Å². The van der Waals surface area contributed by atoms with Gasteiger partial charge in [-0.2, -0.15) is 0 Å². The zero-order chi connectivity index (χ0) is 20.1. The Bertz CT molecular complexity index is 957. The largest absolute Gasteiger partial charge is 0.436 e. The van der Waals surface area contributed by atoms with E-state index in [4.69, 9.17) is 16.0 Å². The lowest BCUT2D eigenvalue weighted by molar-refractivity contribution is 0.0931. The van der Waals surface area contributed by atoms with Crippen molar-refractivity contribution < 1.29 is 9.21 Å². The highest BCUT2D eigenvalue weighted by Gasteiger charge is 2.20. The van der Waals surface area contributed by atoms with Gasteiger partial charge in [-0.25, -0.2) is 4.98 Å². The minimum Gasteiger partial charge on any atom is -0.436 e. The molecule has 1 heterocycles. The van der Waals surface area contributed by atoms with Crippen molar-refractivity contribution in [1.29, 1.82) is 0 Å². The number of halogens is 1. The molecule has 3 aromatic rings.